The number of sulfonamides is 1. The first-order valence-electron chi connectivity index (χ1n) is 15.3. The summed E-state index contributed by atoms with van der Waals surface area (Å²) < 4.78 is 48.5. The largest absolute Gasteiger partial charge is 0.494 e. The minimum Gasteiger partial charge on any atom is -0.494 e. The van der Waals surface area contributed by atoms with Crippen LogP contribution >= 0.6 is 11.6 Å². The van der Waals surface area contributed by atoms with E-state index in [2.05, 4.69) is 5.32 Å². The van der Waals surface area contributed by atoms with Crippen molar-refractivity contribution in [2.45, 2.75) is 44.7 Å². The second kappa shape index (κ2) is 16.4. The maximum atomic E-state index is 14.5. The topological polar surface area (TPSA) is 96.0 Å². The number of rotatable bonds is 15. The lowest BCUT2D eigenvalue weighted by Gasteiger charge is -2.34. The van der Waals surface area contributed by atoms with E-state index < -0.39 is 34.3 Å². The van der Waals surface area contributed by atoms with Crippen LogP contribution in [-0.2, 0) is 32.6 Å². The summed E-state index contributed by atoms with van der Waals surface area (Å²) in [5.41, 5.74) is 1.72. The minimum absolute atomic E-state index is 0.0102. The molecule has 4 aromatic carbocycles. The fourth-order valence-electron chi connectivity index (χ4n) is 4.90. The molecule has 11 heteroatoms. The maximum absolute atomic E-state index is 14.5. The fourth-order valence-corrected chi connectivity index (χ4v) is 6.44. The number of carbonyl (C=O) groups is 2. The number of ether oxygens (including phenoxy) is 1. The maximum Gasteiger partial charge on any atom is 0.264 e. The van der Waals surface area contributed by atoms with Crippen molar-refractivity contribution in [1.82, 2.24) is 10.2 Å². The van der Waals surface area contributed by atoms with Crippen molar-refractivity contribution >= 4 is 39.1 Å². The Morgan fingerprint density at radius 2 is 1.51 bits per heavy atom. The van der Waals surface area contributed by atoms with Gasteiger partial charge in [-0.15, -0.1) is 0 Å². The summed E-state index contributed by atoms with van der Waals surface area (Å²) in [7, 11) is -4.37. The quantitative estimate of drug-likeness (QED) is 0.155. The van der Waals surface area contributed by atoms with Crippen molar-refractivity contribution in [2.75, 3.05) is 24.0 Å². The molecule has 0 fully saturated rings. The third kappa shape index (κ3) is 9.79. The lowest BCUT2D eigenvalue weighted by Crippen LogP contribution is -2.53. The van der Waals surface area contributed by atoms with Gasteiger partial charge in [0.05, 0.1) is 17.2 Å². The first-order valence-corrected chi connectivity index (χ1v) is 17.2. The highest BCUT2D eigenvalue weighted by molar-refractivity contribution is 7.92. The van der Waals surface area contributed by atoms with E-state index in [-0.39, 0.29) is 35.4 Å². The number of hydrogen-bond acceptors (Lipinski definition) is 5. The van der Waals surface area contributed by atoms with Crippen LogP contribution in [0.2, 0.25) is 5.02 Å². The van der Waals surface area contributed by atoms with Crippen LogP contribution in [0.15, 0.2) is 108 Å². The summed E-state index contributed by atoms with van der Waals surface area (Å²) >= 11 is 6.14. The second-order valence-corrected chi connectivity index (χ2v) is 13.7. The number of hydrogen-bond donors (Lipinski definition) is 1. The average molecular weight is 680 g/mol. The lowest BCUT2D eigenvalue weighted by atomic mass is 10.0. The van der Waals surface area contributed by atoms with Gasteiger partial charge in [-0.05, 0) is 84.6 Å². The number of nitrogens with zero attached hydrogens (tertiary/aromatic N) is 2. The van der Waals surface area contributed by atoms with E-state index in [0.29, 0.717) is 29.5 Å². The standard InChI is InChI=1S/C36H39ClFN3O5S/c1-4-46-32-18-16-31(17-19-32)41(47(44,45)33-20-14-30(38)15-21-33)25-35(42)40(24-28-10-12-29(37)13-11-28)34(36(43)39-23-26(2)3)22-27-8-6-5-7-9-27/h5-21,26,34H,4,22-25H2,1-3H3,(H,39,43)/t34-/m0/s1. The van der Waals surface area contributed by atoms with Gasteiger partial charge in [-0.2, -0.15) is 0 Å². The number of anilines is 1. The van der Waals surface area contributed by atoms with E-state index in [1.165, 1.54) is 4.90 Å². The zero-order valence-electron chi connectivity index (χ0n) is 26.6. The van der Waals surface area contributed by atoms with Crippen LogP contribution in [0.1, 0.15) is 31.9 Å². The Hall–Kier alpha value is -4.41. The monoisotopic (exact) mass is 679 g/mol. The first-order chi connectivity index (χ1) is 22.5. The molecule has 0 bridgehead atoms. The van der Waals surface area contributed by atoms with Gasteiger partial charge < -0.3 is 15.0 Å². The highest BCUT2D eigenvalue weighted by atomic mass is 35.5. The number of benzene rings is 4. The molecular weight excluding hydrogens is 641 g/mol. The summed E-state index contributed by atoms with van der Waals surface area (Å²) in [6, 6.07) is 25.9. The van der Waals surface area contributed by atoms with Crippen LogP contribution in [0.4, 0.5) is 10.1 Å². The smallest absolute Gasteiger partial charge is 0.264 e. The van der Waals surface area contributed by atoms with Crippen LogP contribution in [0.5, 0.6) is 5.75 Å². The summed E-state index contributed by atoms with van der Waals surface area (Å²) in [5.74, 6) is -0.888. The van der Waals surface area contributed by atoms with Gasteiger partial charge in [0.1, 0.15) is 24.2 Å². The number of carbonyl (C=O) groups excluding carboxylic acids is 2. The molecule has 1 N–H and O–H groups in total. The summed E-state index contributed by atoms with van der Waals surface area (Å²) in [5, 5.41) is 3.47. The molecule has 2 amide bonds. The fraction of sp³-hybridized carbons (Fsp3) is 0.278. The molecule has 1 atom stereocenters. The van der Waals surface area contributed by atoms with Gasteiger partial charge in [0.15, 0.2) is 0 Å². The van der Waals surface area contributed by atoms with Crippen molar-refractivity contribution < 1.29 is 27.1 Å². The van der Waals surface area contributed by atoms with Gasteiger partial charge >= 0.3 is 0 Å². The Kier molecular flexibility index (Phi) is 12.4. The number of amides is 2. The highest BCUT2D eigenvalue weighted by Gasteiger charge is 2.34. The Bertz CT molecular complexity index is 1720. The highest BCUT2D eigenvalue weighted by Crippen LogP contribution is 2.27. The van der Waals surface area contributed by atoms with Crippen LogP contribution in [0, 0.1) is 11.7 Å². The van der Waals surface area contributed by atoms with E-state index in [0.717, 1.165) is 34.1 Å². The van der Waals surface area contributed by atoms with Gasteiger partial charge in [0.2, 0.25) is 11.8 Å². The molecule has 0 aliphatic rings. The van der Waals surface area contributed by atoms with Crippen molar-refractivity contribution in [3.05, 3.63) is 125 Å². The van der Waals surface area contributed by atoms with Crippen LogP contribution in [0.25, 0.3) is 0 Å². The molecule has 47 heavy (non-hydrogen) atoms. The Balaban J connectivity index is 1.79. The van der Waals surface area contributed by atoms with E-state index in [9.17, 15) is 22.4 Å². The predicted octanol–water partition coefficient (Wildman–Crippen LogP) is 6.49. The Morgan fingerprint density at radius 1 is 0.872 bits per heavy atom. The second-order valence-electron chi connectivity index (χ2n) is 11.4. The predicted molar refractivity (Wildman–Crippen MR) is 182 cm³/mol. The molecule has 4 rings (SSSR count). The van der Waals surface area contributed by atoms with Gasteiger partial charge in [0.25, 0.3) is 10.0 Å². The summed E-state index contributed by atoms with van der Waals surface area (Å²) in [6.07, 6.45) is 0.192. The molecule has 0 aliphatic heterocycles. The number of nitrogens with one attached hydrogen (secondary N) is 1. The molecule has 0 aliphatic carbocycles. The van der Waals surface area contributed by atoms with Crippen molar-refractivity contribution in [2.24, 2.45) is 5.92 Å². The normalized spacial score (nSPS) is 12.0. The first kappa shape index (κ1) is 35.4. The third-order valence-corrected chi connectivity index (χ3v) is 9.38. The Morgan fingerprint density at radius 3 is 2.11 bits per heavy atom. The number of halogens is 2. The van der Waals surface area contributed by atoms with Crippen molar-refractivity contribution in [3.8, 4) is 5.75 Å². The summed E-state index contributed by atoms with van der Waals surface area (Å²) in [4.78, 5) is 29.6. The van der Waals surface area contributed by atoms with E-state index in [1.54, 1.807) is 48.5 Å². The molecule has 0 heterocycles. The zero-order chi connectivity index (χ0) is 34.0. The zero-order valence-corrected chi connectivity index (χ0v) is 28.2. The van der Waals surface area contributed by atoms with E-state index in [4.69, 9.17) is 16.3 Å². The molecule has 0 aromatic heterocycles. The van der Waals surface area contributed by atoms with E-state index in [1.807, 2.05) is 51.1 Å². The van der Waals surface area contributed by atoms with Crippen LogP contribution in [-0.4, -0.2) is 50.9 Å². The van der Waals surface area contributed by atoms with Gasteiger partial charge in [-0.25, -0.2) is 12.8 Å². The molecule has 0 saturated carbocycles. The van der Waals surface area contributed by atoms with Crippen LogP contribution < -0.4 is 14.4 Å². The molecule has 248 valence electrons. The Labute approximate surface area is 281 Å². The minimum atomic E-state index is -4.37. The molecular formula is C36H39ClFN3O5S. The lowest BCUT2D eigenvalue weighted by molar-refractivity contribution is -0.140. The van der Waals surface area contributed by atoms with Crippen LogP contribution in [0.3, 0.4) is 0 Å². The molecule has 0 spiro atoms. The van der Waals surface area contributed by atoms with Gasteiger partial charge in [0, 0.05) is 24.5 Å². The van der Waals surface area contributed by atoms with Crippen molar-refractivity contribution in [1.29, 1.82) is 0 Å². The van der Waals surface area contributed by atoms with E-state index >= 15 is 0 Å². The van der Waals surface area contributed by atoms with Gasteiger partial charge in [-0.3, -0.25) is 13.9 Å². The third-order valence-electron chi connectivity index (χ3n) is 7.34. The molecule has 0 saturated heterocycles. The molecule has 8 nitrogen and oxygen atoms in total. The molecule has 0 unspecified atom stereocenters. The van der Waals surface area contributed by atoms with Gasteiger partial charge in [-0.1, -0.05) is 67.9 Å². The average Bonchev–Trinajstić information content (AvgIpc) is 3.06. The summed E-state index contributed by atoms with van der Waals surface area (Å²) in [6.45, 7) is 5.95. The molecule has 4 aromatic rings. The molecule has 0 radical (unpaired) electrons. The SMILES string of the molecule is CCOc1ccc(N(CC(=O)N(Cc2ccc(Cl)cc2)[C@@H](Cc2ccccc2)C(=O)NCC(C)C)S(=O)(=O)c2ccc(F)cc2)cc1. The van der Waals surface area contributed by atoms with Crippen molar-refractivity contribution in [3.63, 3.8) is 0 Å².